The maximum absolute atomic E-state index is 11.7. The molecule has 0 bridgehead atoms. The summed E-state index contributed by atoms with van der Waals surface area (Å²) < 4.78 is 15.4. The van der Waals surface area contributed by atoms with Crippen molar-refractivity contribution in [3.63, 3.8) is 0 Å². The summed E-state index contributed by atoms with van der Waals surface area (Å²) in [6.45, 7) is 3.52. The van der Waals surface area contributed by atoms with E-state index in [1.807, 2.05) is 13.0 Å². The van der Waals surface area contributed by atoms with Crippen LogP contribution >= 0.6 is 0 Å². The molecule has 0 radical (unpaired) electrons. The molecular weight excluding hydrogens is 236 g/mol. The number of aromatic nitrogens is 2. The summed E-state index contributed by atoms with van der Waals surface area (Å²) in [5.41, 5.74) is 2.01. The molecule has 0 saturated heterocycles. The van der Waals surface area contributed by atoms with E-state index in [4.69, 9.17) is 14.2 Å². The molecule has 98 valence electrons. The van der Waals surface area contributed by atoms with Gasteiger partial charge in [0.25, 0.3) is 0 Å². The van der Waals surface area contributed by atoms with Gasteiger partial charge in [-0.3, -0.25) is 5.10 Å². The van der Waals surface area contributed by atoms with Crippen LogP contribution in [0.3, 0.4) is 0 Å². The molecule has 1 aromatic heterocycles. The fraction of sp³-hybridized carbons (Fsp3) is 0.500. The topological polar surface area (TPSA) is 73.4 Å². The van der Waals surface area contributed by atoms with Gasteiger partial charge in [0.2, 0.25) is 5.88 Å². The second-order valence-corrected chi connectivity index (χ2v) is 3.76. The molecule has 6 heteroatoms. The van der Waals surface area contributed by atoms with E-state index >= 15 is 0 Å². The highest BCUT2D eigenvalue weighted by molar-refractivity contribution is 5.94. The first-order valence-electron chi connectivity index (χ1n) is 5.84. The van der Waals surface area contributed by atoms with E-state index in [9.17, 15) is 4.79 Å². The fourth-order valence-electron chi connectivity index (χ4n) is 1.87. The third-order valence-corrected chi connectivity index (χ3v) is 2.69. The minimum Gasteiger partial charge on any atom is -0.476 e. The zero-order chi connectivity index (χ0) is 13.0. The summed E-state index contributed by atoms with van der Waals surface area (Å²) >= 11 is 0. The molecule has 0 atom stereocenters. The van der Waals surface area contributed by atoms with Gasteiger partial charge < -0.3 is 14.2 Å². The predicted octanol–water partition coefficient (Wildman–Crippen LogP) is 1.40. The molecule has 1 N–H and O–H groups in total. The van der Waals surface area contributed by atoms with Gasteiger partial charge in [-0.25, -0.2) is 4.79 Å². The Morgan fingerprint density at radius 1 is 1.61 bits per heavy atom. The fourth-order valence-corrected chi connectivity index (χ4v) is 1.87. The zero-order valence-corrected chi connectivity index (χ0v) is 10.5. The van der Waals surface area contributed by atoms with E-state index in [-0.39, 0.29) is 0 Å². The maximum atomic E-state index is 11.7. The van der Waals surface area contributed by atoms with Gasteiger partial charge in [0.1, 0.15) is 0 Å². The number of hydrogen-bond acceptors (Lipinski definition) is 5. The van der Waals surface area contributed by atoms with Gasteiger partial charge in [0.05, 0.1) is 32.5 Å². The number of nitrogens with one attached hydrogen (secondary N) is 1. The zero-order valence-electron chi connectivity index (χ0n) is 10.5. The predicted molar refractivity (Wildman–Crippen MR) is 64.5 cm³/mol. The van der Waals surface area contributed by atoms with E-state index in [1.54, 1.807) is 0 Å². The summed E-state index contributed by atoms with van der Waals surface area (Å²) in [5.74, 6) is -0.0121. The Bertz CT molecular complexity index is 465. The van der Waals surface area contributed by atoms with E-state index < -0.39 is 5.97 Å². The Balaban J connectivity index is 2.42. The molecule has 2 heterocycles. The van der Waals surface area contributed by atoms with E-state index in [0.717, 1.165) is 12.0 Å². The van der Waals surface area contributed by atoms with Gasteiger partial charge in [-0.2, -0.15) is 0 Å². The monoisotopic (exact) mass is 252 g/mol. The molecule has 1 aromatic rings. The van der Waals surface area contributed by atoms with Crippen molar-refractivity contribution in [3.8, 4) is 5.88 Å². The first-order chi connectivity index (χ1) is 8.77. The lowest BCUT2D eigenvalue weighted by Crippen LogP contribution is -2.09. The van der Waals surface area contributed by atoms with Crippen LogP contribution in [0.4, 0.5) is 0 Å². The average Bonchev–Trinajstić information content (AvgIpc) is 2.83. The van der Waals surface area contributed by atoms with E-state index in [2.05, 4.69) is 10.2 Å². The lowest BCUT2D eigenvalue weighted by molar-refractivity contribution is 0.0593. The Morgan fingerprint density at radius 2 is 2.44 bits per heavy atom. The van der Waals surface area contributed by atoms with Crippen LogP contribution in [0.2, 0.25) is 0 Å². The maximum Gasteiger partial charge on any atom is 0.356 e. The molecule has 0 unspecified atom stereocenters. The smallest absolute Gasteiger partial charge is 0.356 e. The van der Waals surface area contributed by atoms with Crippen LogP contribution in [0, 0.1) is 0 Å². The number of esters is 1. The lowest BCUT2D eigenvalue weighted by Gasteiger charge is -2.14. The number of carbonyl (C=O) groups excluding carboxylic acids is 1. The number of carbonyl (C=O) groups is 1. The molecular formula is C12H16N2O4. The number of methoxy groups -OCH3 is 1. The van der Waals surface area contributed by atoms with Crippen molar-refractivity contribution in [1.82, 2.24) is 10.2 Å². The molecule has 18 heavy (non-hydrogen) atoms. The van der Waals surface area contributed by atoms with Crippen molar-refractivity contribution in [2.75, 3.05) is 26.9 Å². The molecule has 6 nitrogen and oxygen atoms in total. The van der Waals surface area contributed by atoms with Crippen LogP contribution in [0.1, 0.15) is 29.4 Å². The van der Waals surface area contributed by atoms with Crippen molar-refractivity contribution < 1.29 is 19.0 Å². The highest BCUT2D eigenvalue weighted by Gasteiger charge is 2.24. The van der Waals surface area contributed by atoms with E-state index in [1.165, 1.54) is 7.11 Å². The summed E-state index contributed by atoms with van der Waals surface area (Å²) in [5, 5.41) is 6.70. The standard InChI is InChI=1S/C12H16N2O4/c1-3-18-11-9(8-4-6-17-7-5-8)10(13-14-11)12(15)16-2/h4H,3,5-7H2,1-2H3,(H,13,14). The number of H-pyrrole nitrogens is 1. The third kappa shape index (κ3) is 2.38. The van der Waals surface area contributed by atoms with Gasteiger partial charge in [-0.05, 0) is 18.9 Å². The molecule has 0 fully saturated rings. The number of aromatic amines is 1. The van der Waals surface area contributed by atoms with Crippen LogP contribution < -0.4 is 4.74 Å². The highest BCUT2D eigenvalue weighted by Crippen LogP contribution is 2.31. The summed E-state index contributed by atoms with van der Waals surface area (Å²) in [4.78, 5) is 11.7. The van der Waals surface area contributed by atoms with Crippen LogP contribution in [-0.4, -0.2) is 43.1 Å². The van der Waals surface area contributed by atoms with Crippen molar-refractivity contribution in [1.29, 1.82) is 0 Å². The Kier molecular flexibility index (Phi) is 3.99. The molecule has 0 aromatic carbocycles. The molecule has 0 spiro atoms. The molecule has 0 amide bonds. The van der Waals surface area contributed by atoms with Crippen LogP contribution in [0.5, 0.6) is 5.88 Å². The SMILES string of the molecule is CCOc1n[nH]c(C(=O)OC)c1C1=CCOCC1. The molecule has 0 saturated carbocycles. The highest BCUT2D eigenvalue weighted by atomic mass is 16.5. The van der Waals surface area contributed by atoms with Gasteiger partial charge in [-0.15, -0.1) is 5.10 Å². The van der Waals surface area contributed by atoms with Crippen LogP contribution in [0.25, 0.3) is 5.57 Å². The van der Waals surface area contributed by atoms with Crippen molar-refractivity contribution in [2.45, 2.75) is 13.3 Å². The van der Waals surface area contributed by atoms with Gasteiger partial charge in [0, 0.05) is 0 Å². The second-order valence-electron chi connectivity index (χ2n) is 3.76. The number of ether oxygens (including phenoxy) is 3. The summed E-state index contributed by atoms with van der Waals surface area (Å²) in [7, 11) is 1.34. The minimum atomic E-state index is -0.448. The molecule has 2 rings (SSSR count). The normalized spacial score (nSPS) is 15.1. The summed E-state index contributed by atoms with van der Waals surface area (Å²) in [6, 6.07) is 0. The molecule has 0 aliphatic carbocycles. The molecule has 1 aliphatic heterocycles. The largest absolute Gasteiger partial charge is 0.476 e. The van der Waals surface area contributed by atoms with Crippen molar-refractivity contribution in [2.24, 2.45) is 0 Å². The third-order valence-electron chi connectivity index (χ3n) is 2.69. The number of nitrogens with zero attached hydrogens (tertiary/aromatic N) is 1. The van der Waals surface area contributed by atoms with Gasteiger partial charge >= 0.3 is 5.97 Å². The second kappa shape index (κ2) is 5.68. The quantitative estimate of drug-likeness (QED) is 0.820. The Labute approximate surface area is 105 Å². The van der Waals surface area contributed by atoms with Crippen molar-refractivity contribution in [3.05, 3.63) is 17.3 Å². The molecule has 1 aliphatic rings. The van der Waals surface area contributed by atoms with Crippen molar-refractivity contribution >= 4 is 11.5 Å². The first kappa shape index (κ1) is 12.6. The number of hydrogen-bond donors (Lipinski definition) is 1. The number of rotatable bonds is 4. The first-order valence-corrected chi connectivity index (χ1v) is 5.84. The Morgan fingerprint density at radius 3 is 3.06 bits per heavy atom. The minimum absolute atomic E-state index is 0.328. The Hall–Kier alpha value is -1.82. The van der Waals surface area contributed by atoms with Crippen LogP contribution in [-0.2, 0) is 9.47 Å². The van der Waals surface area contributed by atoms with Gasteiger partial charge in [-0.1, -0.05) is 6.08 Å². The van der Waals surface area contributed by atoms with Gasteiger partial charge in [0.15, 0.2) is 5.69 Å². The van der Waals surface area contributed by atoms with Crippen LogP contribution in [0.15, 0.2) is 6.08 Å². The lowest BCUT2D eigenvalue weighted by atomic mass is 10.0. The van der Waals surface area contributed by atoms with E-state index in [0.29, 0.717) is 37.0 Å². The summed E-state index contributed by atoms with van der Waals surface area (Å²) in [6.07, 6.45) is 2.66. The average molecular weight is 252 g/mol.